The van der Waals surface area contributed by atoms with E-state index in [1.165, 1.54) is 18.2 Å². The van der Waals surface area contributed by atoms with Crippen LogP contribution in [0.4, 0.5) is 8.78 Å². The van der Waals surface area contributed by atoms with E-state index < -0.39 is 27.8 Å². The molecule has 0 spiro atoms. The van der Waals surface area contributed by atoms with Gasteiger partial charge < -0.3 is 9.74 Å². The molecule has 1 aromatic heterocycles. The lowest BCUT2D eigenvalue weighted by molar-refractivity contribution is 0.0828. The van der Waals surface area contributed by atoms with Crippen molar-refractivity contribution in [2.75, 3.05) is 19.3 Å². The summed E-state index contributed by atoms with van der Waals surface area (Å²) in [6.45, 7) is 4.87. The number of aromatic nitrogens is 1. The number of hydrogen-bond acceptors (Lipinski definition) is 6. The monoisotopic (exact) mass is 450 g/mol. The van der Waals surface area contributed by atoms with Crippen LogP contribution in [0.5, 0.6) is 0 Å². The second-order valence-corrected chi connectivity index (χ2v) is 10.0. The number of aryl methyl sites for hydroxylation is 1. The number of sulfonamides is 1. The SMILES string of the molecule is Cc1cnc([C@@H]2CC(N3C[C@@H](C)[C@H](NS(C)(=O)=O)C3)=NO2)c(-c2c(F)cccc2F)c1. The molecule has 0 saturated carbocycles. The van der Waals surface area contributed by atoms with Crippen molar-refractivity contribution in [1.82, 2.24) is 14.6 Å². The van der Waals surface area contributed by atoms with Crippen LogP contribution in [-0.2, 0) is 14.9 Å². The van der Waals surface area contributed by atoms with Gasteiger partial charge >= 0.3 is 0 Å². The Morgan fingerprint density at radius 1 is 1.23 bits per heavy atom. The summed E-state index contributed by atoms with van der Waals surface area (Å²) < 4.78 is 54.8. The molecule has 0 amide bonds. The third kappa shape index (κ3) is 4.54. The molecule has 1 fully saturated rings. The topological polar surface area (TPSA) is 83.9 Å². The van der Waals surface area contributed by atoms with Crippen LogP contribution in [0.25, 0.3) is 11.1 Å². The van der Waals surface area contributed by atoms with Gasteiger partial charge in [-0.1, -0.05) is 18.1 Å². The summed E-state index contributed by atoms with van der Waals surface area (Å²) in [5.74, 6) is -0.583. The lowest BCUT2D eigenvalue weighted by Gasteiger charge is -2.18. The Morgan fingerprint density at radius 3 is 2.61 bits per heavy atom. The number of oxime groups is 1. The first-order valence-electron chi connectivity index (χ1n) is 9.98. The van der Waals surface area contributed by atoms with E-state index in [0.717, 1.165) is 11.8 Å². The third-order valence-electron chi connectivity index (χ3n) is 5.59. The van der Waals surface area contributed by atoms with Gasteiger partial charge in [0.05, 0.1) is 23.9 Å². The van der Waals surface area contributed by atoms with Crippen molar-refractivity contribution in [2.24, 2.45) is 11.1 Å². The first kappa shape index (κ1) is 21.6. The first-order valence-corrected chi connectivity index (χ1v) is 11.9. The number of hydrogen-bond donors (Lipinski definition) is 1. The van der Waals surface area contributed by atoms with E-state index in [-0.39, 0.29) is 17.5 Å². The number of pyridine rings is 1. The molecule has 10 heteroatoms. The van der Waals surface area contributed by atoms with E-state index >= 15 is 0 Å². The molecule has 2 aromatic rings. The van der Waals surface area contributed by atoms with Gasteiger partial charge in [-0.2, -0.15) is 0 Å². The van der Waals surface area contributed by atoms with Crippen LogP contribution in [0, 0.1) is 24.5 Å². The normalized spacial score (nSPS) is 23.7. The lowest BCUT2D eigenvalue weighted by atomic mass is 9.97. The predicted molar refractivity (Wildman–Crippen MR) is 113 cm³/mol. The lowest BCUT2D eigenvalue weighted by Crippen LogP contribution is -2.39. The summed E-state index contributed by atoms with van der Waals surface area (Å²) >= 11 is 0. The second-order valence-electron chi connectivity index (χ2n) is 8.23. The van der Waals surface area contributed by atoms with Gasteiger partial charge in [0.1, 0.15) is 17.5 Å². The van der Waals surface area contributed by atoms with Gasteiger partial charge in [-0.05, 0) is 36.6 Å². The van der Waals surface area contributed by atoms with Crippen LogP contribution >= 0.6 is 0 Å². The Kier molecular flexibility index (Phi) is 5.69. The minimum Gasteiger partial charge on any atom is -0.384 e. The molecule has 3 atom stereocenters. The fourth-order valence-electron chi connectivity index (χ4n) is 4.10. The minimum atomic E-state index is -3.32. The summed E-state index contributed by atoms with van der Waals surface area (Å²) in [4.78, 5) is 12.0. The van der Waals surface area contributed by atoms with Crippen molar-refractivity contribution in [3.63, 3.8) is 0 Å². The molecule has 166 valence electrons. The van der Waals surface area contributed by atoms with E-state index in [4.69, 9.17) is 4.84 Å². The van der Waals surface area contributed by atoms with Gasteiger partial charge in [0.2, 0.25) is 10.0 Å². The summed E-state index contributed by atoms with van der Waals surface area (Å²) in [5, 5.41) is 4.18. The minimum absolute atomic E-state index is 0.0945. The zero-order valence-electron chi connectivity index (χ0n) is 17.5. The summed E-state index contributed by atoms with van der Waals surface area (Å²) in [5.41, 5.74) is 1.37. The van der Waals surface area contributed by atoms with E-state index in [2.05, 4.69) is 14.9 Å². The molecule has 1 N–H and O–H groups in total. The van der Waals surface area contributed by atoms with Crippen molar-refractivity contribution in [3.8, 4) is 11.1 Å². The molecule has 1 aromatic carbocycles. The maximum absolute atomic E-state index is 14.5. The highest BCUT2D eigenvalue weighted by molar-refractivity contribution is 7.88. The maximum atomic E-state index is 14.5. The van der Waals surface area contributed by atoms with Crippen molar-refractivity contribution in [2.45, 2.75) is 32.4 Å². The molecular weight excluding hydrogens is 426 g/mol. The van der Waals surface area contributed by atoms with Gasteiger partial charge in [-0.25, -0.2) is 21.9 Å². The number of rotatable bonds is 4. The van der Waals surface area contributed by atoms with Crippen molar-refractivity contribution in [3.05, 3.63) is 53.4 Å². The van der Waals surface area contributed by atoms with Gasteiger partial charge in [0.25, 0.3) is 0 Å². The van der Waals surface area contributed by atoms with Crippen molar-refractivity contribution >= 4 is 15.9 Å². The molecule has 2 aliphatic rings. The van der Waals surface area contributed by atoms with Crippen LogP contribution < -0.4 is 4.72 Å². The molecule has 0 unspecified atom stereocenters. The molecule has 7 nitrogen and oxygen atoms in total. The molecule has 4 rings (SSSR count). The largest absolute Gasteiger partial charge is 0.384 e. The Hall–Kier alpha value is -2.59. The molecule has 0 aliphatic carbocycles. The standard InChI is InChI=1S/C21H24F2N4O3S/c1-12-7-14(20-15(22)5-4-6-16(20)23)21(24-9-12)18-8-19(25-30-18)27-10-13(2)17(11-27)26-31(3,28)29/h4-7,9,13,17-18,26H,8,10-11H2,1-3H3/t13-,17-,18+/m1/s1. The number of amidine groups is 1. The molecule has 1 saturated heterocycles. The highest BCUT2D eigenvalue weighted by Gasteiger charge is 2.37. The number of halogens is 2. The zero-order valence-corrected chi connectivity index (χ0v) is 18.3. The third-order valence-corrected chi connectivity index (χ3v) is 6.32. The molecule has 0 bridgehead atoms. The van der Waals surface area contributed by atoms with E-state index in [1.807, 2.05) is 11.8 Å². The number of benzene rings is 1. The van der Waals surface area contributed by atoms with Crippen molar-refractivity contribution < 1.29 is 22.0 Å². The van der Waals surface area contributed by atoms with Crippen LogP contribution in [-0.4, -0.2) is 49.5 Å². The van der Waals surface area contributed by atoms with Crippen LogP contribution in [0.1, 0.15) is 30.7 Å². The molecule has 31 heavy (non-hydrogen) atoms. The van der Waals surface area contributed by atoms with Gasteiger partial charge in [-0.3, -0.25) is 4.98 Å². The van der Waals surface area contributed by atoms with Crippen LogP contribution in [0.2, 0.25) is 0 Å². The number of likely N-dealkylation sites (tertiary alicyclic amines) is 1. The van der Waals surface area contributed by atoms with Gasteiger partial charge in [-0.15, -0.1) is 0 Å². The smallest absolute Gasteiger partial charge is 0.209 e. The van der Waals surface area contributed by atoms with Crippen molar-refractivity contribution in [1.29, 1.82) is 0 Å². The number of nitrogens with one attached hydrogen (secondary N) is 1. The predicted octanol–water partition coefficient (Wildman–Crippen LogP) is 2.98. The molecule has 0 radical (unpaired) electrons. The van der Waals surface area contributed by atoms with E-state index in [9.17, 15) is 17.2 Å². The summed E-state index contributed by atoms with van der Waals surface area (Å²) in [6, 6.07) is 5.21. The van der Waals surface area contributed by atoms with Gasteiger partial charge in [0, 0.05) is 30.9 Å². The van der Waals surface area contributed by atoms with E-state index in [1.54, 1.807) is 19.2 Å². The summed E-state index contributed by atoms with van der Waals surface area (Å²) in [6.07, 6.45) is 2.54. The van der Waals surface area contributed by atoms with Gasteiger partial charge in [0.15, 0.2) is 6.10 Å². The van der Waals surface area contributed by atoms with Crippen LogP contribution in [0.15, 0.2) is 35.6 Å². The second kappa shape index (κ2) is 8.16. The number of nitrogens with zero attached hydrogens (tertiary/aromatic N) is 3. The Balaban J connectivity index is 1.57. The highest BCUT2D eigenvalue weighted by Crippen LogP contribution is 2.37. The van der Waals surface area contributed by atoms with E-state index in [0.29, 0.717) is 36.6 Å². The fourth-order valence-corrected chi connectivity index (χ4v) is 4.95. The summed E-state index contributed by atoms with van der Waals surface area (Å²) in [7, 11) is -3.32. The van der Waals surface area contributed by atoms with Crippen LogP contribution in [0.3, 0.4) is 0 Å². The fraction of sp³-hybridized carbons (Fsp3) is 0.429. The highest BCUT2D eigenvalue weighted by atomic mass is 32.2. The Morgan fingerprint density at radius 2 is 1.94 bits per heavy atom. The molecular formula is C21H24F2N4O3S. The molecule has 2 aliphatic heterocycles. The molecule has 3 heterocycles. The zero-order chi connectivity index (χ0) is 22.3. The quantitative estimate of drug-likeness (QED) is 0.774. The Bertz CT molecular complexity index is 1120. The first-order chi connectivity index (χ1) is 14.6. The maximum Gasteiger partial charge on any atom is 0.209 e. The Labute approximate surface area is 180 Å². The average Bonchev–Trinajstić information content (AvgIpc) is 3.28. The average molecular weight is 451 g/mol.